The third-order valence-corrected chi connectivity index (χ3v) is 3.23. The van der Waals surface area contributed by atoms with Gasteiger partial charge in [0.15, 0.2) is 0 Å². The predicted molar refractivity (Wildman–Crippen MR) is 85.9 cm³/mol. The number of hydrogen-bond donors (Lipinski definition) is 1. The number of ether oxygens (including phenoxy) is 1. The molecular formula is C18H16N2O. The number of hydrogen-bond acceptors (Lipinski definition) is 3. The Labute approximate surface area is 124 Å². The molecule has 1 N–H and O–H groups in total. The Bertz CT molecular complexity index is 709. The Morgan fingerprint density at radius 3 is 2.33 bits per heavy atom. The zero-order valence-electron chi connectivity index (χ0n) is 11.8. The first kappa shape index (κ1) is 13.2. The minimum atomic E-state index is 0.819. The fraction of sp³-hybridized carbons (Fsp3) is 0.0556. The lowest BCUT2D eigenvalue weighted by Crippen LogP contribution is -1.93. The first-order valence-electron chi connectivity index (χ1n) is 6.78. The maximum Gasteiger partial charge on any atom is 0.130 e. The number of para-hydroxylation sites is 2. The lowest BCUT2D eigenvalue weighted by molar-refractivity contribution is 0.416. The van der Waals surface area contributed by atoms with Gasteiger partial charge in [0.1, 0.15) is 11.6 Å². The summed E-state index contributed by atoms with van der Waals surface area (Å²) in [6.45, 7) is 0. The number of nitrogens with zero attached hydrogens (tertiary/aromatic N) is 1. The maximum absolute atomic E-state index is 5.38. The van der Waals surface area contributed by atoms with Crippen molar-refractivity contribution in [3.8, 4) is 16.9 Å². The molecule has 1 aromatic heterocycles. The monoisotopic (exact) mass is 276 g/mol. The van der Waals surface area contributed by atoms with E-state index >= 15 is 0 Å². The Balaban J connectivity index is 1.84. The van der Waals surface area contributed by atoms with Crippen molar-refractivity contribution in [3.63, 3.8) is 0 Å². The maximum atomic E-state index is 5.38. The summed E-state index contributed by atoms with van der Waals surface area (Å²) in [6, 6.07) is 21.9. The molecule has 0 amide bonds. The van der Waals surface area contributed by atoms with Crippen LogP contribution in [0.1, 0.15) is 0 Å². The summed E-state index contributed by atoms with van der Waals surface area (Å²) >= 11 is 0. The molecule has 0 unspecified atom stereocenters. The van der Waals surface area contributed by atoms with Gasteiger partial charge in [-0.1, -0.05) is 36.4 Å². The van der Waals surface area contributed by atoms with Crippen LogP contribution >= 0.6 is 0 Å². The minimum Gasteiger partial charge on any atom is -0.496 e. The second-order valence-electron chi connectivity index (χ2n) is 4.62. The average Bonchev–Trinajstić information content (AvgIpc) is 2.56. The van der Waals surface area contributed by atoms with Crippen LogP contribution in [0.25, 0.3) is 11.1 Å². The topological polar surface area (TPSA) is 34.1 Å². The smallest absolute Gasteiger partial charge is 0.130 e. The van der Waals surface area contributed by atoms with E-state index < -0.39 is 0 Å². The summed E-state index contributed by atoms with van der Waals surface area (Å²) in [5, 5.41) is 3.27. The van der Waals surface area contributed by atoms with Gasteiger partial charge in [-0.3, -0.25) is 0 Å². The number of methoxy groups -OCH3 is 1. The summed E-state index contributed by atoms with van der Waals surface area (Å²) in [4.78, 5) is 4.46. The molecule has 0 atom stereocenters. The number of anilines is 2. The molecule has 3 nitrogen and oxygen atoms in total. The Morgan fingerprint density at radius 2 is 1.62 bits per heavy atom. The number of benzene rings is 2. The van der Waals surface area contributed by atoms with E-state index in [2.05, 4.69) is 10.3 Å². The molecule has 21 heavy (non-hydrogen) atoms. The zero-order chi connectivity index (χ0) is 14.5. The molecule has 3 rings (SSSR count). The standard InChI is InChI=1S/C18H16N2O/c1-21-17-10-6-5-9-16(17)14-11-12-18(19-13-14)20-15-7-3-2-4-8-15/h2-13H,1H3,(H,19,20). The van der Waals surface area contributed by atoms with Crippen molar-refractivity contribution in [2.45, 2.75) is 0 Å². The van der Waals surface area contributed by atoms with Gasteiger partial charge in [0.2, 0.25) is 0 Å². The van der Waals surface area contributed by atoms with Gasteiger partial charge in [0.25, 0.3) is 0 Å². The van der Waals surface area contributed by atoms with Gasteiger partial charge in [0, 0.05) is 23.0 Å². The number of pyridine rings is 1. The van der Waals surface area contributed by atoms with Crippen molar-refractivity contribution in [2.75, 3.05) is 12.4 Å². The van der Waals surface area contributed by atoms with Gasteiger partial charge >= 0.3 is 0 Å². The van der Waals surface area contributed by atoms with Crippen LogP contribution in [-0.4, -0.2) is 12.1 Å². The highest BCUT2D eigenvalue weighted by atomic mass is 16.5. The van der Waals surface area contributed by atoms with Crippen LogP contribution < -0.4 is 10.1 Å². The highest BCUT2D eigenvalue weighted by Crippen LogP contribution is 2.29. The Morgan fingerprint density at radius 1 is 0.857 bits per heavy atom. The van der Waals surface area contributed by atoms with Crippen molar-refractivity contribution in [1.82, 2.24) is 4.98 Å². The van der Waals surface area contributed by atoms with Crippen LogP contribution in [0.15, 0.2) is 72.9 Å². The van der Waals surface area contributed by atoms with E-state index in [1.54, 1.807) is 7.11 Å². The summed E-state index contributed by atoms with van der Waals surface area (Å²) in [5.41, 5.74) is 3.10. The summed E-state index contributed by atoms with van der Waals surface area (Å²) in [7, 11) is 1.68. The molecule has 3 aromatic rings. The molecule has 0 aliphatic rings. The van der Waals surface area contributed by atoms with Crippen molar-refractivity contribution in [1.29, 1.82) is 0 Å². The van der Waals surface area contributed by atoms with Crippen LogP contribution in [0.2, 0.25) is 0 Å². The number of aromatic nitrogens is 1. The van der Waals surface area contributed by atoms with E-state index in [1.807, 2.05) is 72.9 Å². The van der Waals surface area contributed by atoms with Crippen LogP contribution in [0.5, 0.6) is 5.75 Å². The summed E-state index contributed by atoms with van der Waals surface area (Å²) in [5.74, 6) is 1.67. The third kappa shape index (κ3) is 3.03. The molecule has 0 aliphatic heterocycles. The largest absolute Gasteiger partial charge is 0.496 e. The van der Waals surface area contributed by atoms with Gasteiger partial charge in [-0.25, -0.2) is 4.98 Å². The molecule has 0 saturated carbocycles. The molecular weight excluding hydrogens is 260 g/mol. The van der Waals surface area contributed by atoms with Crippen LogP contribution in [0.4, 0.5) is 11.5 Å². The second-order valence-corrected chi connectivity index (χ2v) is 4.62. The normalized spacial score (nSPS) is 10.1. The van der Waals surface area contributed by atoms with Crippen LogP contribution in [-0.2, 0) is 0 Å². The lowest BCUT2D eigenvalue weighted by atomic mass is 10.1. The van der Waals surface area contributed by atoms with Gasteiger partial charge in [-0.15, -0.1) is 0 Å². The van der Waals surface area contributed by atoms with Crippen molar-refractivity contribution in [2.24, 2.45) is 0 Å². The molecule has 0 aliphatic carbocycles. The van der Waals surface area contributed by atoms with Gasteiger partial charge in [-0.2, -0.15) is 0 Å². The predicted octanol–water partition coefficient (Wildman–Crippen LogP) is 4.50. The molecule has 0 radical (unpaired) electrons. The number of rotatable bonds is 4. The van der Waals surface area contributed by atoms with E-state index in [4.69, 9.17) is 4.74 Å². The van der Waals surface area contributed by atoms with E-state index in [0.29, 0.717) is 0 Å². The molecule has 1 heterocycles. The van der Waals surface area contributed by atoms with Crippen molar-refractivity contribution >= 4 is 11.5 Å². The molecule has 3 heteroatoms. The Kier molecular flexibility index (Phi) is 3.83. The molecule has 0 bridgehead atoms. The summed E-state index contributed by atoms with van der Waals surface area (Å²) < 4.78 is 5.38. The molecule has 0 saturated heterocycles. The first-order chi connectivity index (χ1) is 10.4. The Hall–Kier alpha value is -2.81. The van der Waals surface area contributed by atoms with Gasteiger partial charge in [0.05, 0.1) is 7.11 Å². The fourth-order valence-electron chi connectivity index (χ4n) is 2.18. The molecule has 2 aromatic carbocycles. The fourth-order valence-corrected chi connectivity index (χ4v) is 2.18. The van der Waals surface area contributed by atoms with Gasteiger partial charge < -0.3 is 10.1 Å². The summed E-state index contributed by atoms with van der Waals surface area (Å²) in [6.07, 6.45) is 1.85. The third-order valence-electron chi connectivity index (χ3n) is 3.23. The molecule has 104 valence electrons. The van der Waals surface area contributed by atoms with Crippen LogP contribution in [0.3, 0.4) is 0 Å². The van der Waals surface area contributed by atoms with E-state index in [-0.39, 0.29) is 0 Å². The van der Waals surface area contributed by atoms with E-state index in [1.165, 1.54) is 0 Å². The zero-order valence-corrected chi connectivity index (χ0v) is 11.8. The van der Waals surface area contributed by atoms with E-state index in [9.17, 15) is 0 Å². The van der Waals surface area contributed by atoms with Gasteiger partial charge in [-0.05, 0) is 30.3 Å². The number of nitrogens with one attached hydrogen (secondary N) is 1. The van der Waals surface area contributed by atoms with Crippen LogP contribution in [0, 0.1) is 0 Å². The molecule has 0 spiro atoms. The minimum absolute atomic E-state index is 0.819. The SMILES string of the molecule is COc1ccccc1-c1ccc(Nc2ccccc2)nc1. The average molecular weight is 276 g/mol. The second kappa shape index (κ2) is 6.09. The highest BCUT2D eigenvalue weighted by molar-refractivity contribution is 5.71. The van der Waals surface area contributed by atoms with Crippen molar-refractivity contribution < 1.29 is 4.74 Å². The van der Waals surface area contributed by atoms with Crippen molar-refractivity contribution in [3.05, 3.63) is 72.9 Å². The first-order valence-corrected chi connectivity index (χ1v) is 6.78. The molecule has 0 fully saturated rings. The lowest BCUT2D eigenvalue weighted by Gasteiger charge is -2.09. The van der Waals surface area contributed by atoms with E-state index in [0.717, 1.165) is 28.4 Å². The highest BCUT2D eigenvalue weighted by Gasteiger charge is 2.05. The quantitative estimate of drug-likeness (QED) is 0.761.